The number of rotatable bonds is 6. The molecule has 28 heavy (non-hydrogen) atoms. The predicted octanol–water partition coefficient (Wildman–Crippen LogP) is 3.28. The van der Waals surface area contributed by atoms with Gasteiger partial charge in [-0.3, -0.25) is 0 Å². The SMILES string of the molecule is COc1cc(/C=C(/C#N)c2nc(N)nc(Nc3ccccc3)n2)cc(OC)c1. The molecule has 0 saturated heterocycles. The summed E-state index contributed by atoms with van der Waals surface area (Å²) in [5.41, 5.74) is 7.52. The molecule has 3 rings (SSSR count). The minimum Gasteiger partial charge on any atom is -0.497 e. The van der Waals surface area contributed by atoms with Crippen LogP contribution in [0.15, 0.2) is 48.5 Å². The third kappa shape index (κ3) is 4.53. The highest BCUT2D eigenvalue weighted by molar-refractivity contribution is 5.87. The summed E-state index contributed by atoms with van der Waals surface area (Å²) < 4.78 is 10.5. The van der Waals surface area contributed by atoms with Crippen molar-refractivity contribution in [2.75, 3.05) is 25.3 Å². The zero-order valence-electron chi connectivity index (χ0n) is 15.4. The molecule has 0 atom stereocenters. The van der Waals surface area contributed by atoms with E-state index in [0.717, 1.165) is 5.69 Å². The fraction of sp³-hybridized carbons (Fsp3) is 0.100. The van der Waals surface area contributed by atoms with E-state index in [1.807, 2.05) is 30.3 Å². The molecule has 2 aromatic carbocycles. The number of ether oxygens (including phenoxy) is 2. The average Bonchev–Trinajstić information content (AvgIpc) is 2.72. The molecule has 1 aromatic heterocycles. The first kappa shape index (κ1) is 18.7. The van der Waals surface area contributed by atoms with Crippen molar-refractivity contribution < 1.29 is 9.47 Å². The Kier molecular flexibility index (Phi) is 5.67. The second kappa shape index (κ2) is 8.51. The number of aromatic nitrogens is 3. The highest BCUT2D eigenvalue weighted by atomic mass is 16.5. The minimum absolute atomic E-state index is 0.00723. The van der Waals surface area contributed by atoms with Gasteiger partial charge in [0.1, 0.15) is 17.6 Å². The second-order valence-corrected chi connectivity index (χ2v) is 5.65. The van der Waals surface area contributed by atoms with Crippen LogP contribution in [-0.4, -0.2) is 29.2 Å². The van der Waals surface area contributed by atoms with Crippen molar-refractivity contribution in [1.82, 2.24) is 15.0 Å². The summed E-state index contributed by atoms with van der Waals surface area (Å²) in [7, 11) is 3.11. The normalized spacial score (nSPS) is 10.8. The summed E-state index contributed by atoms with van der Waals surface area (Å²) in [6.45, 7) is 0. The molecule has 0 aliphatic heterocycles. The average molecular weight is 374 g/mol. The molecule has 3 N–H and O–H groups in total. The number of nitrogens with two attached hydrogens (primary N) is 1. The zero-order valence-corrected chi connectivity index (χ0v) is 15.4. The predicted molar refractivity (Wildman–Crippen MR) is 107 cm³/mol. The van der Waals surface area contributed by atoms with Gasteiger partial charge in [0.25, 0.3) is 0 Å². The van der Waals surface area contributed by atoms with Gasteiger partial charge in [0, 0.05) is 11.8 Å². The second-order valence-electron chi connectivity index (χ2n) is 5.65. The first-order valence-electron chi connectivity index (χ1n) is 8.30. The molecule has 0 bridgehead atoms. The topological polar surface area (TPSA) is 119 Å². The Balaban J connectivity index is 1.99. The standard InChI is InChI=1S/C20H18N6O2/c1-27-16-9-13(10-17(11-16)28-2)8-14(12-21)18-24-19(22)26-20(25-18)23-15-6-4-3-5-7-15/h3-11H,1-2H3,(H3,22,23,24,25,26)/b14-8-. The van der Waals surface area contributed by atoms with Crippen molar-refractivity contribution in [3.63, 3.8) is 0 Å². The molecular weight excluding hydrogens is 356 g/mol. The van der Waals surface area contributed by atoms with Gasteiger partial charge in [-0.15, -0.1) is 0 Å². The summed E-state index contributed by atoms with van der Waals surface area (Å²) in [5, 5.41) is 12.7. The van der Waals surface area contributed by atoms with E-state index in [1.54, 1.807) is 38.5 Å². The highest BCUT2D eigenvalue weighted by Crippen LogP contribution is 2.25. The molecule has 140 valence electrons. The maximum absolute atomic E-state index is 9.62. The summed E-state index contributed by atoms with van der Waals surface area (Å²) in [5.74, 6) is 1.62. The van der Waals surface area contributed by atoms with Crippen LogP contribution in [0.25, 0.3) is 11.6 Å². The zero-order chi connectivity index (χ0) is 19.9. The van der Waals surface area contributed by atoms with E-state index in [2.05, 4.69) is 26.3 Å². The molecule has 0 amide bonds. The molecule has 1 heterocycles. The molecule has 8 nitrogen and oxygen atoms in total. The monoisotopic (exact) mass is 374 g/mol. The smallest absolute Gasteiger partial charge is 0.232 e. The lowest BCUT2D eigenvalue weighted by Crippen LogP contribution is -2.06. The molecule has 0 spiro atoms. The fourth-order valence-electron chi connectivity index (χ4n) is 2.45. The van der Waals surface area contributed by atoms with Crippen LogP contribution in [-0.2, 0) is 0 Å². The molecule has 0 radical (unpaired) electrons. The van der Waals surface area contributed by atoms with Gasteiger partial charge in [-0.2, -0.15) is 20.2 Å². The maximum atomic E-state index is 9.62. The van der Waals surface area contributed by atoms with Crippen LogP contribution in [0.2, 0.25) is 0 Å². The molecule has 0 saturated carbocycles. The molecular formula is C20H18N6O2. The summed E-state index contributed by atoms with van der Waals surface area (Å²) >= 11 is 0. The van der Waals surface area contributed by atoms with Crippen LogP contribution < -0.4 is 20.5 Å². The molecule has 8 heteroatoms. The number of nitrogens with one attached hydrogen (secondary N) is 1. The summed E-state index contributed by atoms with van der Waals surface area (Å²) in [6.07, 6.45) is 1.63. The lowest BCUT2D eigenvalue weighted by atomic mass is 10.1. The van der Waals surface area contributed by atoms with Gasteiger partial charge in [-0.05, 0) is 35.9 Å². The number of para-hydroxylation sites is 1. The number of hydrogen-bond donors (Lipinski definition) is 2. The molecule has 3 aromatic rings. The molecule has 0 unspecified atom stereocenters. The van der Waals surface area contributed by atoms with Crippen molar-refractivity contribution >= 4 is 29.2 Å². The number of methoxy groups -OCH3 is 2. The summed E-state index contributed by atoms with van der Waals surface area (Å²) in [4.78, 5) is 12.5. The Bertz CT molecular complexity index is 1020. The van der Waals surface area contributed by atoms with Crippen LogP contribution in [0.5, 0.6) is 11.5 Å². The van der Waals surface area contributed by atoms with Crippen molar-refractivity contribution in [2.45, 2.75) is 0 Å². The molecule has 0 aliphatic rings. The first-order chi connectivity index (χ1) is 13.6. The Hall–Kier alpha value is -4.12. The van der Waals surface area contributed by atoms with E-state index in [-0.39, 0.29) is 23.3 Å². The Morgan fingerprint density at radius 1 is 1.04 bits per heavy atom. The first-order valence-corrected chi connectivity index (χ1v) is 8.30. The largest absolute Gasteiger partial charge is 0.497 e. The van der Waals surface area contributed by atoms with Crippen LogP contribution in [0, 0.1) is 11.3 Å². The van der Waals surface area contributed by atoms with Gasteiger partial charge in [0.05, 0.1) is 19.8 Å². The van der Waals surface area contributed by atoms with E-state index in [0.29, 0.717) is 17.1 Å². The Morgan fingerprint density at radius 3 is 2.32 bits per heavy atom. The Morgan fingerprint density at radius 2 is 1.71 bits per heavy atom. The minimum atomic E-state index is 0.00723. The lowest BCUT2D eigenvalue weighted by Gasteiger charge is -2.08. The van der Waals surface area contributed by atoms with Crippen LogP contribution in [0.3, 0.4) is 0 Å². The van der Waals surface area contributed by atoms with E-state index in [9.17, 15) is 5.26 Å². The summed E-state index contributed by atoms with van der Waals surface area (Å²) in [6, 6.07) is 16.8. The van der Waals surface area contributed by atoms with Crippen molar-refractivity contribution in [3.05, 3.63) is 59.9 Å². The van der Waals surface area contributed by atoms with E-state index in [1.165, 1.54) is 0 Å². The van der Waals surface area contributed by atoms with Crippen molar-refractivity contribution in [3.8, 4) is 17.6 Å². The van der Waals surface area contributed by atoms with Gasteiger partial charge >= 0.3 is 0 Å². The molecule has 0 aliphatic carbocycles. The number of nitrogen functional groups attached to an aromatic ring is 1. The number of benzene rings is 2. The van der Waals surface area contributed by atoms with E-state index < -0.39 is 0 Å². The van der Waals surface area contributed by atoms with Gasteiger partial charge in [0.2, 0.25) is 11.9 Å². The lowest BCUT2D eigenvalue weighted by molar-refractivity contribution is 0.394. The Labute approximate surface area is 162 Å². The van der Waals surface area contributed by atoms with Crippen LogP contribution in [0.1, 0.15) is 11.4 Å². The van der Waals surface area contributed by atoms with Gasteiger partial charge in [-0.1, -0.05) is 18.2 Å². The van der Waals surface area contributed by atoms with Crippen molar-refractivity contribution in [2.24, 2.45) is 0 Å². The van der Waals surface area contributed by atoms with Gasteiger partial charge in [-0.25, -0.2) is 0 Å². The number of allylic oxidation sites excluding steroid dienone is 1. The number of nitrogens with zero attached hydrogens (tertiary/aromatic N) is 4. The van der Waals surface area contributed by atoms with Gasteiger partial charge < -0.3 is 20.5 Å². The highest BCUT2D eigenvalue weighted by Gasteiger charge is 2.11. The quantitative estimate of drug-likeness (QED) is 0.631. The number of hydrogen-bond acceptors (Lipinski definition) is 8. The van der Waals surface area contributed by atoms with E-state index >= 15 is 0 Å². The third-order valence-corrected chi connectivity index (χ3v) is 3.73. The number of anilines is 3. The third-order valence-electron chi connectivity index (χ3n) is 3.73. The fourth-order valence-corrected chi connectivity index (χ4v) is 2.45. The van der Waals surface area contributed by atoms with Crippen molar-refractivity contribution in [1.29, 1.82) is 5.26 Å². The van der Waals surface area contributed by atoms with E-state index in [4.69, 9.17) is 15.2 Å². The number of nitriles is 1. The van der Waals surface area contributed by atoms with Gasteiger partial charge in [0.15, 0.2) is 5.82 Å². The maximum Gasteiger partial charge on any atom is 0.232 e. The van der Waals surface area contributed by atoms with Crippen LogP contribution in [0.4, 0.5) is 17.6 Å². The van der Waals surface area contributed by atoms with Crippen LogP contribution >= 0.6 is 0 Å². The molecule has 0 fully saturated rings.